The molecule has 5 heterocycles. The molecular weight excluding hydrogens is 487 g/mol. The van der Waals surface area contributed by atoms with Gasteiger partial charge < -0.3 is 9.53 Å². The summed E-state index contributed by atoms with van der Waals surface area (Å²) in [5, 5.41) is 4.72. The molecule has 0 saturated carbocycles. The van der Waals surface area contributed by atoms with E-state index in [9.17, 15) is 4.39 Å². The molecular formula is C26H36ClFN4O2S. The molecule has 2 aromatic heterocycles. The van der Waals surface area contributed by atoms with Crippen molar-refractivity contribution in [2.75, 3.05) is 19.7 Å². The summed E-state index contributed by atoms with van der Waals surface area (Å²) in [6.07, 6.45) is 7.81. The van der Waals surface area contributed by atoms with Crippen LogP contribution in [-0.4, -0.2) is 47.4 Å². The first kappa shape index (κ1) is 27.7. The van der Waals surface area contributed by atoms with Crippen LogP contribution in [-0.2, 0) is 27.3 Å². The average Bonchev–Trinajstić information content (AvgIpc) is 3.45. The van der Waals surface area contributed by atoms with Crippen LogP contribution in [0.2, 0.25) is 4.34 Å². The standard InChI is InChI=1S/C23H28ClFN4OS.C2H6.CH2O/c1-15-5-4-8-26-21(15)29-13-17(16(2)27-29)12-28-9-6-23(7-10-28)20-18(11-19(24)31-20)22(3,25)14-30-23;2*1-2/h8,11,13H,4-7,9-10,12,14H2,1-3H3;1-2H3;1H2. The van der Waals surface area contributed by atoms with E-state index in [-0.39, 0.29) is 6.61 Å². The van der Waals surface area contributed by atoms with Crippen molar-refractivity contribution in [1.29, 1.82) is 0 Å². The fraction of sp³-hybridized carbons (Fsp3) is 0.577. The predicted octanol–water partition coefficient (Wildman–Crippen LogP) is 6.51. The summed E-state index contributed by atoms with van der Waals surface area (Å²) in [7, 11) is 0. The maximum absolute atomic E-state index is 15.0. The number of allylic oxidation sites excluding steroid dienone is 1. The van der Waals surface area contributed by atoms with Crippen molar-refractivity contribution in [1.82, 2.24) is 14.7 Å². The smallest absolute Gasteiger partial charge is 0.157 e. The lowest BCUT2D eigenvalue weighted by atomic mass is 9.81. The van der Waals surface area contributed by atoms with E-state index in [1.165, 1.54) is 22.5 Å². The SMILES string of the molecule is C=O.CC.CC1=C(n2cc(CN3CCC4(CC3)OCC(C)(F)c3cc(Cl)sc34)c(C)n2)N=CCC1. The first-order valence-electron chi connectivity index (χ1n) is 12.2. The molecule has 0 aliphatic carbocycles. The molecule has 0 N–H and O–H groups in total. The number of hydrogen-bond donors (Lipinski definition) is 0. The van der Waals surface area contributed by atoms with Gasteiger partial charge in [0.2, 0.25) is 0 Å². The van der Waals surface area contributed by atoms with Gasteiger partial charge in [0.25, 0.3) is 0 Å². The minimum Gasteiger partial charge on any atom is -0.366 e. The summed E-state index contributed by atoms with van der Waals surface area (Å²) in [4.78, 5) is 16.0. The molecule has 1 saturated heterocycles. The van der Waals surface area contributed by atoms with Gasteiger partial charge in [0, 0.05) is 48.0 Å². The molecule has 192 valence electrons. The third kappa shape index (κ3) is 5.61. The second-order valence-electron chi connectivity index (χ2n) is 9.19. The van der Waals surface area contributed by atoms with Crippen molar-refractivity contribution in [3.8, 4) is 0 Å². The lowest BCUT2D eigenvalue weighted by molar-refractivity contribution is -0.138. The van der Waals surface area contributed by atoms with E-state index in [0.717, 1.165) is 67.3 Å². The minimum atomic E-state index is -1.47. The van der Waals surface area contributed by atoms with Crippen LogP contribution < -0.4 is 0 Å². The summed E-state index contributed by atoms with van der Waals surface area (Å²) in [6.45, 7) is 14.5. The number of halogens is 2. The van der Waals surface area contributed by atoms with Gasteiger partial charge in [0.05, 0.1) is 16.6 Å². The zero-order chi connectivity index (χ0) is 25.8. The number of carbonyl (C=O) groups is 1. The number of aliphatic imine (C=N–C) groups is 1. The largest absolute Gasteiger partial charge is 0.366 e. The zero-order valence-corrected chi connectivity index (χ0v) is 22.9. The predicted molar refractivity (Wildman–Crippen MR) is 142 cm³/mol. The molecule has 9 heteroatoms. The Morgan fingerprint density at radius 2 is 1.94 bits per heavy atom. The van der Waals surface area contributed by atoms with Gasteiger partial charge in [-0.3, -0.25) is 4.90 Å². The van der Waals surface area contributed by atoms with Gasteiger partial charge in [-0.25, -0.2) is 14.1 Å². The number of likely N-dealkylation sites (tertiary alicyclic amines) is 1. The Morgan fingerprint density at radius 3 is 2.60 bits per heavy atom. The molecule has 0 radical (unpaired) electrons. The van der Waals surface area contributed by atoms with E-state index in [0.29, 0.717) is 4.34 Å². The number of rotatable bonds is 3. The summed E-state index contributed by atoms with van der Waals surface area (Å²) >= 11 is 7.75. The molecule has 35 heavy (non-hydrogen) atoms. The summed E-state index contributed by atoms with van der Waals surface area (Å²) in [6, 6.07) is 1.79. The maximum atomic E-state index is 15.0. The van der Waals surface area contributed by atoms with E-state index >= 15 is 0 Å². The van der Waals surface area contributed by atoms with Crippen molar-refractivity contribution < 1.29 is 13.9 Å². The molecule has 2 aromatic rings. The van der Waals surface area contributed by atoms with Gasteiger partial charge in [-0.1, -0.05) is 25.4 Å². The highest BCUT2D eigenvalue weighted by molar-refractivity contribution is 7.16. The van der Waals surface area contributed by atoms with E-state index in [4.69, 9.17) is 26.2 Å². The molecule has 3 aliphatic rings. The Morgan fingerprint density at radius 1 is 1.26 bits per heavy atom. The fourth-order valence-corrected chi connectivity index (χ4v) is 6.40. The Bertz CT molecular complexity index is 1080. The van der Waals surface area contributed by atoms with Crippen molar-refractivity contribution in [2.45, 2.75) is 78.1 Å². The third-order valence-corrected chi connectivity index (χ3v) is 8.27. The highest BCUT2D eigenvalue weighted by Crippen LogP contribution is 2.51. The van der Waals surface area contributed by atoms with Gasteiger partial charge in [-0.2, -0.15) is 5.10 Å². The topological polar surface area (TPSA) is 59.7 Å². The number of alkyl halides is 1. The minimum absolute atomic E-state index is 0.0912. The molecule has 6 nitrogen and oxygen atoms in total. The molecule has 5 rings (SSSR count). The second kappa shape index (κ2) is 11.5. The second-order valence-corrected chi connectivity index (χ2v) is 10.9. The van der Waals surface area contributed by atoms with E-state index < -0.39 is 11.3 Å². The number of aromatic nitrogens is 2. The van der Waals surface area contributed by atoms with Crippen molar-refractivity contribution in [3.05, 3.63) is 43.9 Å². The normalized spacial score (nSPS) is 23.3. The molecule has 1 fully saturated rings. The molecule has 3 aliphatic heterocycles. The van der Waals surface area contributed by atoms with Crippen molar-refractivity contribution >= 4 is 41.8 Å². The number of carbonyl (C=O) groups excluding carboxylic acids is 1. The highest BCUT2D eigenvalue weighted by Gasteiger charge is 2.49. The van der Waals surface area contributed by atoms with Crippen LogP contribution in [0.25, 0.3) is 5.82 Å². The molecule has 1 spiro atoms. The number of nitrogens with zero attached hydrogens (tertiary/aromatic N) is 4. The quantitative estimate of drug-likeness (QED) is 0.461. The van der Waals surface area contributed by atoms with Crippen LogP contribution in [0, 0.1) is 6.92 Å². The number of piperidine rings is 1. The van der Waals surface area contributed by atoms with Crippen LogP contribution in [0.1, 0.15) is 75.1 Å². The van der Waals surface area contributed by atoms with Crippen LogP contribution in [0.15, 0.2) is 22.8 Å². The molecule has 0 aromatic carbocycles. The van der Waals surface area contributed by atoms with Crippen molar-refractivity contribution in [2.24, 2.45) is 4.99 Å². The first-order valence-corrected chi connectivity index (χ1v) is 13.4. The van der Waals surface area contributed by atoms with Gasteiger partial charge in [-0.05, 0) is 58.1 Å². The fourth-order valence-electron chi connectivity index (χ4n) is 4.86. The summed E-state index contributed by atoms with van der Waals surface area (Å²) in [5.74, 6) is 0.949. The molecule has 0 amide bonds. The zero-order valence-electron chi connectivity index (χ0n) is 21.4. The Kier molecular flexibility index (Phi) is 9.07. The third-order valence-electron chi connectivity index (χ3n) is 6.82. The number of fused-ring (bicyclic) bond motifs is 2. The van der Waals surface area contributed by atoms with Crippen LogP contribution >= 0.6 is 22.9 Å². The highest BCUT2D eigenvalue weighted by atomic mass is 35.5. The maximum Gasteiger partial charge on any atom is 0.157 e. The lowest BCUT2D eigenvalue weighted by Crippen LogP contribution is -2.48. The van der Waals surface area contributed by atoms with Crippen molar-refractivity contribution in [3.63, 3.8) is 0 Å². The van der Waals surface area contributed by atoms with E-state index in [1.54, 1.807) is 13.0 Å². The number of aryl methyl sites for hydroxylation is 1. The lowest BCUT2D eigenvalue weighted by Gasteiger charge is -2.46. The van der Waals surface area contributed by atoms with Crippen LogP contribution in [0.3, 0.4) is 0 Å². The van der Waals surface area contributed by atoms with Crippen LogP contribution in [0.5, 0.6) is 0 Å². The molecule has 0 bridgehead atoms. The first-order chi connectivity index (χ1) is 16.8. The van der Waals surface area contributed by atoms with Gasteiger partial charge in [0.1, 0.15) is 12.4 Å². The number of hydrogen-bond acceptors (Lipinski definition) is 6. The number of thiophene rings is 1. The van der Waals surface area contributed by atoms with E-state index in [2.05, 4.69) is 29.9 Å². The Hall–Kier alpha value is -1.87. The summed E-state index contributed by atoms with van der Waals surface area (Å²) < 4.78 is 23.7. The van der Waals surface area contributed by atoms with Gasteiger partial charge in [0.15, 0.2) is 11.5 Å². The van der Waals surface area contributed by atoms with Gasteiger partial charge in [-0.15, -0.1) is 11.3 Å². The Balaban J connectivity index is 0.000000815. The van der Waals surface area contributed by atoms with Gasteiger partial charge >= 0.3 is 0 Å². The monoisotopic (exact) mass is 522 g/mol. The van der Waals surface area contributed by atoms with E-state index in [1.807, 2.05) is 31.5 Å². The summed E-state index contributed by atoms with van der Waals surface area (Å²) in [5.41, 5.74) is 2.37. The average molecular weight is 523 g/mol. The van der Waals surface area contributed by atoms with Crippen LogP contribution in [0.4, 0.5) is 4.39 Å². The Labute approximate surface area is 216 Å². The molecule has 1 atom stereocenters. The molecule has 1 unspecified atom stereocenters. The number of ether oxygens (including phenoxy) is 1.